The first kappa shape index (κ1) is 14.3. The topological polar surface area (TPSA) is 81.3 Å². The van der Waals surface area contributed by atoms with Crippen LogP contribution in [0.2, 0.25) is 0 Å². The van der Waals surface area contributed by atoms with Gasteiger partial charge in [-0.05, 0) is 39.3 Å². The minimum absolute atomic E-state index is 0.164. The van der Waals surface area contributed by atoms with Gasteiger partial charge in [0.15, 0.2) is 0 Å². The third-order valence-electron chi connectivity index (χ3n) is 2.88. The van der Waals surface area contributed by atoms with E-state index in [4.69, 9.17) is 10.5 Å². The van der Waals surface area contributed by atoms with Gasteiger partial charge in [0.2, 0.25) is 0 Å². The number of aromatic nitrogens is 2. The Morgan fingerprint density at radius 1 is 1.35 bits per heavy atom. The van der Waals surface area contributed by atoms with Crippen molar-refractivity contribution in [2.75, 3.05) is 12.3 Å². The number of anilines is 1. The van der Waals surface area contributed by atoms with E-state index in [1.165, 1.54) is 0 Å². The summed E-state index contributed by atoms with van der Waals surface area (Å²) in [5.41, 5.74) is 5.74. The highest BCUT2D eigenvalue weighted by molar-refractivity contribution is 5.69. The fourth-order valence-corrected chi connectivity index (χ4v) is 2.00. The van der Waals surface area contributed by atoms with Crippen molar-refractivity contribution in [2.24, 2.45) is 0 Å². The number of carbonyl (C=O) groups is 1. The monoisotopic (exact) mass is 276 g/mol. The number of amides is 1. The maximum absolute atomic E-state index is 12.3. The lowest BCUT2D eigenvalue weighted by Crippen LogP contribution is -2.40. The van der Waals surface area contributed by atoms with Crippen LogP contribution in [0.5, 0.6) is 0 Å². The molecule has 6 nitrogen and oxygen atoms in total. The molecule has 2 rings (SSSR count). The van der Waals surface area contributed by atoms with E-state index < -0.39 is 5.60 Å². The van der Waals surface area contributed by atoms with E-state index in [1.54, 1.807) is 17.0 Å². The van der Waals surface area contributed by atoms with Crippen LogP contribution >= 0.6 is 0 Å². The first-order chi connectivity index (χ1) is 9.37. The minimum atomic E-state index is -0.518. The second kappa shape index (κ2) is 5.48. The summed E-state index contributed by atoms with van der Waals surface area (Å²) in [5.74, 6) is 0.365. The molecule has 0 saturated heterocycles. The second-order valence-corrected chi connectivity index (χ2v) is 5.74. The lowest BCUT2D eigenvalue weighted by Gasteiger charge is -2.33. The molecule has 0 radical (unpaired) electrons. The fraction of sp³-hybridized carbons (Fsp3) is 0.500. The molecule has 2 heterocycles. The molecule has 6 heteroatoms. The lowest BCUT2D eigenvalue weighted by molar-refractivity contribution is 0.0171. The Morgan fingerprint density at radius 2 is 2.10 bits per heavy atom. The van der Waals surface area contributed by atoms with Gasteiger partial charge in [-0.2, -0.15) is 5.10 Å². The first-order valence-electron chi connectivity index (χ1n) is 6.60. The molecule has 1 unspecified atom stereocenters. The molecule has 2 N–H and O–H groups in total. The van der Waals surface area contributed by atoms with E-state index in [0.717, 1.165) is 5.69 Å². The Bertz CT molecular complexity index is 505. The summed E-state index contributed by atoms with van der Waals surface area (Å²) >= 11 is 0. The quantitative estimate of drug-likeness (QED) is 0.796. The maximum atomic E-state index is 12.3. The van der Waals surface area contributed by atoms with Crippen LogP contribution in [0.3, 0.4) is 0 Å². The highest BCUT2D eigenvalue weighted by atomic mass is 16.6. The molecule has 0 saturated carbocycles. The second-order valence-electron chi connectivity index (χ2n) is 5.74. The summed E-state index contributed by atoms with van der Waals surface area (Å²) in [6, 6.07) is 3.32. The van der Waals surface area contributed by atoms with E-state index in [9.17, 15) is 4.79 Å². The van der Waals surface area contributed by atoms with Crippen LogP contribution in [0.25, 0.3) is 0 Å². The predicted octanol–water partition coefficient (Wildman–Crippen LogP) is 2.30. The van der Waals surface area contributed by atoms with E-state index in [0.29, 0.717) is 18.8 Å². The minimum Gasteiger partial charge on any atom is -0.444 e. The standard InChI is InChI=1S/C14H20N4O2/c1-14(2,3)20-13(19)18-9-5-4-6-11(18)10-7-8-12(15)17-16-10/h4-5,7-8,11H,6,9H2,1-3H3,(H2,15,17). The molecule has 1 amide bonds. The van der Waals surface area contributed by atoms with Crippen molar-refractivity contribution in [1.29, 1.82) is 0 Å². The third-order valence-corrected chi connectivity index (χ3v) is 2.88. The Morgan fingerprint density at radius 3 is 2.70 bits per heavy atom. The predicted molar refractivity (Wildman–Crippen MR) is 75.9 cm³/mol. The van der Waals surface area contributed by atoms with E-state index >= 15 is 0 Å². The summed E-state index contributed by atoms with van der Waals surface area (Å²) in [5, 5.41) is 7.92. The largest absolute Gasteiger partial charge is 0.444 e. The van der Waals surface area contributed by atoms with Crippen LogP contribution in [0.4, 0.5) is 10.6 Å². The molecule has 0 spiro atoms. The van der Waals surface area contributed by atoms with Gasteiger partial charge in [0.1, 0.15) is 11.4 Å². The van der Waals surface area contributed by atoms with Crippen molar-refractivity contribution >= 4 is 11.9 Å². The molecular weight excluding hydrogens is 256 g/mol. The molecule has 20 heavy (non-hydrogen) atoms. The van der Waals surface area contributed by atoms with Crippen LogP contribution in [0, 0.1) is 0 Å². The molecule has 108 valence electrons. The van der Waals surface area contributed by atoms with Gasteiger partial charge >= 0.3 is 6.09 Å². The molecule has 1 aliphatic heterocycles. The number of nitrogens with two attached hydrogens (primary N) is 1. The Balaban J connectivity index is 2.19. The number of hydrogen-bond acceptors (Lipinski definition) is 5. The van der Waals surface area contributed by atoms with Crippen LogP contribution in [-0.2, 0) is 4.74 Å². The van der Waals surface area contributed by atoms with Crippen molar-refractivity contribution < 1.29 is 9.53 Å². The lowest BCUT2D eigenvalue weighted by atomic mass is 10.0. The Hall–Kier alpha value is -2.11. The number of rotatable bonds is 1. The summed E-state index contributed by atoms with van der Waals surface area (Å²) in [6.07, 6.45) is 4.33. The molecule has 0 fully saturated rings. The highest BCUT2D eigenvalue weighted by Gasteiger charge is 2.30. The molecule has 0 aliphatic carbocycles. The first-order valence-corrected chi connectivity index (χ1v) is 6.60. The molecule has 1 atom stereocenters. The highest BCUT2D eigenvalue weighted by Crippen LogP contribution is 2.28. The average molecular weight is 276 g/mol. The normalized spacial score (nSPS) is 18.9. The van der Waals surface area contributed by atoms with Gasteiger partial charge in [-0.1, -0.05) is 12.2 Å². The van der Waals surface area contributed by atoms with Gasteiger partial charge in [0.05, 0.1) is 11.7 Å². The summed E-state index contributed by atoms with van der Waals surface area (Å²) in [7, 11) is 0. The van der Waals surface area contributed by atoms with Gasteiger partial charge in [-0.3, -0.25) is 4.90 Å². The average Bonchev–Trinajstić information content (AvgIpc) is 2.38. The van der Waals surface area contributed by atoms with Crippen LogP contribution in [-0.4, -0.2) is 33.3 Å². The summed E-state index contributed by atoms with van der Waals surface area (Å²) in [6.45, 7) is 6.06. The van der Waals surface area contributed by atoms with Gasteiger partial charge in [0, 0.05) is 6.54 Å². The molecular formula is C14H20N4O2. The molecule has 0 aromatic carbocycles. The van der Waals surface area contributed by atoms with Crippen LogP contribution in [0.1, 0.15) is 38.9 Å². The van der Waals surface area contributed by atoms with Gasteiger partial charge in [-0.25, -0.2) is 4.79 Å². The van der Waals surface area contributed by atoms with Crippen molar-refractivity contribution in [2.45, 2.75) is 38.8 Å². The SMILES string of the molecule is CC(C)(C)OC(=O)N1CC=CCC1c1ccc(N)nn1. The number of nitrogens with zero attached hydrogens (tertiary/aromatic N) is 3. The van der Waals surface area contributed by atoms with Crippen molar-refractivity contribution in [1.82, 2.24) is 15.1 Å². The molecule has 1 aliphatic rings. The van der Waals surface area contributed by atoms with Crippen molar-refractivity contribution in [3.63, 3.8) is 0 Å². The third kappa shape index (κ3) is 3.46. The zero-order chi connectivity index (χ0) is 14.8. The molecule has 1 aromatic heterocycles. The van der Waals surface area contributed by atoms with E-state index in [-0.39, 0.29) is 12.1 Å². The smallest absolute Gasteiger partial charge is 0.411 e. The zero-order valence-electron chi connectivity index (χ0n) is 12.0. The van der Waals surface area contributed by atoms with Crippen LogP contribution < -0.4 is 5.73 Å². The van der Waals surface area contributed by atoms with Gasteiger partial charge in [-0.15, -0.1) is 5.10 Å². The summed E-state index contributed by atoms with van der Waals surface area (Å²) in [4.78, 5) is 13.9. The van der Waals surface area contributed by atoms with Gasteiger partial charge < -0.3 is 10.5 Å². The van der Waals surface area contributed by atoms with E-state index in [2.05, 4.69) is 10.2 Å². The number of ether oxygens (including phenoxy) is 1. The van der Waals surface area contributed by atoms with E-state index in [1.807, 2.05) is 32.9 Å². The number of carbonyl (C=O) groups excluding carboxylic acids is 1. The zero-order valence-corrected chi connectivity index (χ0v) is 12.0. The maximum Gasteiger partial charge on any atom is 0.411 e. The molecule has 0 bridgehead atoms. The summed E-state index contributed by atoms with van der Waals surface area (Å²) < 4.78 is 5.43. The number of hydrogen-bond donors (Lipinski definition) is 1. The Labute approximate surface area is 118 Å². The van der Waals surface area contributed by atoms with Crippen molar-refractivity contribution in [3.05, 3.63) is 30.0 Å². The number of nitrogen functional groups attached to an aromatic ring is 1. The van der Waals surface area contributed by atoms with Crippen LogP contribution in [0.15, 0.2) is 24.3 Å². The Kier molecular flexibility index (Phi) is 3.92. The molecule has 1 aromatic rings. The van der Waals surface area contributed by atoms with Gasteiger partial charge in [0.25, 0.3) is 0 Å². The van der Waals surface area contributed by atoms with Crippen molar-refractivity contribution in [3.8, 4) is 0 Å². The fourth-order valence-electron chi connectivity index (χ4n) is 2.00.